The minimum atomic E-state index is 0.345. The van der Waals surface area contributed by atoms with E-state index in [1.807, 2.05) is 43.3 Å². The van der Waals surface area contributed by atoms with Crippen molar-refractivity contribution in [2.75, 3.05) is 11.1 Å². The van der Waals surface area contributed by atoms with Crippen LogP contribution in [-0.2, 0) is 0 Å². The summed E-state index contributed by atoms with van der Waals surface area (Å²) >= 11 is 0. The number of para-hydroxylation sites is 1. The Hall–Kier alpha value is -2.89. The fourth-order valence-corrected chi connectivity index (χ4v) is 1.87. The zero-order chi connectivity index (χ0) is 13.9. The first-order valence-electron chi connectivity index (χ1n) is 6.19. The Bertz CT molecular complexity index is 720. The number of aromatic nitrogens is 4. The first kappa shape index (κ1) is 12.2. The van der Waals surface area contributed by atoms with Gasteiger partial charge in [0.05, 0.1) is 6.20 Å². The van der Waals surface area contributed by atoms with Gasteiger partial charge < -0.3 is 11.1 Å². The Labute approximate surface area is 116 Å². The van der Waals surface area contributed by atoms with Gasteiger partial charge in [0.15, 0.2) is 11.6 Å². The predicted molar refractivity (Wildman–Crippen MR) is 78.5 cm³/mol. The van der Waals surface area contributed by atoms with E-state index in [2.05, 4.69) is 25.5 Å². The van der Waals surface area contributed by atoms with E-state index in [0.29, 0.717) is 23.0 Å². The van der Waals surface area contributed by atoms with E-state index in [1.54, 1.807) is 6.20 Å². The molecule has 0 fully saturated rings. The summed E-state index contributed by atoms with van der Waals surface area (Å²) in [7, 11) is 0. The molecule has 4 N–H and O–H groups in total. The van der Waals surface area contributed by atoms with E-state index < -0.39 is 0 Å². The van der Waals surface area contributed by atoms with Gasteiger partial charge in [-0.3, -0.25) is 5.10 Å². The number of nitrogens with one attached hydrogen (secondary N) is 2. The van der Waals surface area contributed by atoms with Crippen LogP contribution >= 0.6 is 0 Å². The van der Waals surface area contributed by atoms with Gasteiger partial charge in [0.25, 0.3) is 0 Å². The highest BCUT2D eigenvalue weighted by Crippen LogP contribution is 2.22. The standard InChI is InChI=1S/C14H14N6/c1-9-7-11(20-19-9)13-14(15)18-12(8-16-13)17-10-5-3-2-4-6-10/h2-8H,1H3,(H,19,20)(H3,15,17,18). The van der Waals surface area contributed by atoms with Crippen LogP contribution in [0.3, 0.4) is 0 Å². The Morgan fingerprint density at radius 3 is 2.65 bits per heavy atom. The van der Waals surface area contributed by atoms with Crippen molar-refractivity contribution in [2.45, 2.75) is 6.92 Å². The Kier molecular flexibility index (Phi) is 3.04. The molecule has 2 aromatic heterocycles. The molecule has 0 saturated heterocycles. The predicted octanol–water partition coefficient (Wildman–Crippen LogP) is 2.50. The van der Waals surface area contributed by atoms with Crippen LogP contribution in [0.4, 0.5) is 17.3 Å². The second kappa shape index (κ2) is 5.00. The van der Waals surface area contributed by atoms with Gasteiger partial charge in [0, 0.05) is 11.4 Å². The van der Waals surface area contributed by atoms with Crippen molar-refractivity contribution in [3.8, 4) is 11.4 Å². The maximum atomic E-state index is 5.95. The highest BCUT2D eigenvalue weighted by molar-refractivity contribution is 5.69. The number of hydrogen-bond acceptors (Lipinski definition) is 5. The molecule has 0 aliphatic rings. The van der Waals surface area contributed by atoms with Crippen LogP contribution in [0.25, 0.3) is 11.4 Å². The molecular formula is C14H14N6. The Morgan fingerprint density at radius 2 is 2.00 bits per heavy atom. The molecule has 0 amide bonds. The summed E-state index contributed by atoms with van der Waals surface area (Å²) in [5.74, 6) is 0.946. The number of rotatable bonds is 3. The number of benzene rings is 1. The van der Waals surface area contributed by atoms with Crippen molar-refractivity contribution < 1.29 is 0 Å². The van der Waals surface area contributed by atoms with Gasteiger partial charge in [-0.15, -0.1) is 0 Å². The molecule has 0 aliphatic carbocycles. The SMILES string of the molecule is Cc1cc(-c2ncc(Nc3ccccc3)nc2N)n[nH]1. The zero-order valence-electron chi connectivity index (χ0n) is 11.0. The lowest BCUT2D eigenvalue weighted by Gasteiger charge is -2.07. The summed E-state index contributed by atoms with van der Waals surface area (Å²) < 4.78 is 0. The molecule has 0 atom stereocenters. The minimum Gasteiger partial charge on any atom is -0.382 e. The molecule has 0 aliphatic heterocycles. The monoisotopic (exact) mass is 266 g/mol. The molecule has 3 rings (SSSR count). The number of nitrogens with zero attached hydrogens (tertiary/aromatic N) is 3. The fourth-order valence-electron chi connectivity index (χ4n) is 1.87. The highest BCUT2D eigenvalue weighted by Gasteiger charge is 2.10. The molecule has 0 saturated carbocycles. The Balaban J connectivity index is 1.88. The normalized spacial score (nSPS) is 10.4. The average Bonchev–Trinajstić information content (AvgIpc) is 2.86. The van der Waals surface area contributed by atoms with Crippen molar-refractivity contribution >= 4 is 17.3 Å². The second-order valence-electron chi connectivity index (χ2n) is 4.42. The van der Waals surface area contributed by atoms with Crippen LogP contribution < -0.4 is 11.1 Å². The van der Waals surface area contributed by atoms with Gasteiger partial charge in [-0.05, 0) is 25.1 Å². The largest absolute Gasteiger partial charge is 0.382 e. The van der Waals surface area contributed by atoms with E-state index in [0.717, 1.165) is 11.4 Å². The van der Waals surface area contributed by atoms with Crippen molar-refractivity contribution in [1.82, 2.24) is 20.2 Å². The average molecular weight is 266 g/mol. The van der Waals surface area contributed by atoms with E-state index in [9.17, 15) is 0 Å². The maximum Gasteiger partial charge on any atom is 0.154 e. The van der Waals surface area contributed by atoms with Crippen molar-refractivity contribution in [2.24, 2.45) is 0 Å². The van der Waals surface area contributed by atoms with Crippen LogP contribution in [0.15, 0.2) is 42.6 Å². The van der Waals surface area contributed by atoms with Gasteiger partial charge in [0.2, 0.25) is 0 Å². The second-order valence-corrected chi connectivity index (χ2v) is 4.42. The summed E-state index contributed by atoms with van der Waals surface area (Å²) in [4.78, 5) is 8.63. The lowest BCUT2D eigenvalue weighted by molar-refractivity contribution is 1.04. The minimum absolute atomic E-state index is 0.345. The topological polar surface area (TPSA) is 92.5 Å². The first-order valence-corrected chi connectivity index (χ1v) is 6.19. The third kappa shape index (κ3) is 2.44. The third-order valence-electron chi connectivity index (χ3n) is 2.79. The van der Waals surface area contributed by atoms with Gasteiger partial charge in [0.1, 0.15) is 11.4 Å². The molecule has 6 nitrogen and oxygen atoms in total. The van der Waals surface area contributed by atoms with Crippen LogP contribution in [0, 0.1) is 6.92 Å². The summed E-state index contributed by atoms with van der Waals surface area (Å²) in [5, 5.41) is 10.1. The van der Waals surface area contributed by atoms with Crippen LogP contribution in [0.5, 0.6) is 0 Å². The number of nitrogens with two attached hydrogens (primary N) is 1. The molecule has 0 unspecified atom stereocenters. The van der Waals surface area contributed by atoms with Crippen LogP contribution in [-0.4, -0.2) is 20.2 Å². The van der Waals surface area contributed by atoms with Crippen LogP contribution in [0.2, 0.25) is 0 Å². The smallest absolute Gasteiger partial charge is 0.154 e. The lowest BCUT2D eigenvalue weighted by Crippen LogP contribution is -2.01. The number of H-pyrrole nitrogens is 1. The summed E-state index contributed by atoms with van der Waals surface area (Å²) in [6.45, 7) is 1.92. The van der Waals surface area contributed by atoms with Crippen LogP contribution in [0.1, 0.15) is 5.69 Å². The van der Waals surface area contributed by atoms with E-state index in [-0.39, 0.29) is 0 Å². The number of aryl methyl sites for hydroxylation is 1. The quantitative estimate of drug-likeness (QED) is 0.677. The molecule has 0 radical (unpaired) electrons. The molecule has 0 bridgehead atoms. The number of nitrogen functional groups attached to an aromatic ring is 1. The van der Waals surface area contributed by atoms with Gasteiger partial charge in [-0.1, -0.05) is 18.2 Å². The summed E-state index contributed by atoms with van der Waals surface area (Å²) in [5.41, 5.74) is 9.11. The van der Waals surface area contributed by atoms with Crippen molar-refractivity contribution in [3.63, 3.8) is 0 Å². The Morgan fingerprint density at radius 1 is 1.20 bits per heavy atom. The molecule has 100 valence electrons. The molecule has 0 spiro atoms. The maximum absolute atomic E-state index is 5.95. The van der Waals surface area contributed by atoms with Gasteiger partial charge >= 0.3 is 0 Å². The lowest BCUT2D eigenvalue weighted by atomic mass is 10.3. The molecule has 1 aromatic carbocycles. The molecular weight excluding hydrogens is 252 g/mol. The first-order chi connectivity index (χ1) is 9.72. The van der Waals surface area contributed by atoms with E-state index in [4.69, 9.17) is 5.73 Å². The number of aromatic amines is 1. The van der Waals surface area contributed by atoms with E-state index >= 15 is 0 Å². The molecule has 2 heterocycles. The third-order valence-corrected chi connectivity index (χ3v) is 2.79. The summed E-state index contributed by atoms with van der Waals surface area (Å²) in [6.07, 6.45) is 1.64. The zero-order valence-corrected chi connectivity index (χ0v) is 11.0. The van der Waals surface area contributed by atoms with Crippen molar-refractivity contribution in [3.05, 3.63) is 48.3 Å². The van der Waals surface area contributed by atoms with Gasteiger partial charge in [-0.25, -0.2) is 9.97 Å². The van der Waals surface area contributed by atoms with Crippen molar-refractivity contribution in [1.29, 1.82) is 0 Å². The fraction of sp³-hybridized carbons (Fsp3) is 0.0714. The number of anilines is 3. The van der Waals surface area contributed by atoms with Gasteiger partial charge in [-0.2, -0.15) is 5.10 Å². The highest BCUT2D eigenvalue weighted by atomic mass is 15.1. The molecule has 3 aromatic rings. The molecule has 6 heteroatoms. The van der Waals surface area contributed by atoms with E-state index in [1.165, 1.54) is 0 Å². The number of hydrogen-bond donors (Lipinski definition) is 3. The molecule has 20 heavy (non-hydrogen) atoms. The summed E-state index contributed by atoms with van der Waals surface area (Å²) in [6, 6.07) is 11.6.